The molecule has 1 aromatic rings. The second-order valence-corrected chi connectivity index (χ2v) is 9.41. The van der Waals surface area contributed by atoms with Crippen LogP contribution in [-0.4, -0.2) is 67.6 Å². The maximum Gasteiger partial charge on any atom is 0.410 e. The third kappa shape index (κ3) is 4.78. The molecule has 1 amide bonds. The summed E-state index contributed by atoms with van der Waals surface area (Å²) in [7, 11) is -3.90. The smallest absolute Gasteiger partial charge is 0.410 e. The quantitative estimate of drug-likeness (QED) is 0.761. The zero-order chi connectivity index (χ0) is 19.8. The molecular weight excluding hydrogens is 374 g/mol. The highest BCUT2D eigenvalue weighted by Gasteiger charge is 2.54. The summed E-state index contributed by atoms with van der Waals surface area (Å²) in [5, 5.41) is 10.2. The average molecular weight is 399 g/mol. The normalized spacial score (nSPS) is 28.2. The number of carbonyl (C=O) groups excluding carboxylic acids is 1. The Hall–Kier alpha value is -1.68. The summed E-state index contributed by atoms with van der Waals surface area (Å²) in [6.45, 7) is 5.18. The van der Waals surface area contributed by atoms with Gasteiger partial charge in [0.25, 0.3) is 10.1 Å². The molecule has 0 aromatic heterocycles. The molecule has 8 nitrogen and oxygen atoms in total. The number of ether oxygens (including phenoxy) is 2. The van der Waals surface area contributed by atoms with Crippen molar-refractivity contribution >= 4 is 16.2 Å². The monoisotopic (exact) mass is 399 g/mol. The molecule has 1 N–H and O–H groups in total. The van der Waals surface area contributed by atoms with E-state index in [4.69, 9.17) is 13.7 Å². The van der Waals surface area contributed by atoms with Crippen LogP contribution in [0.1, 0.15) is 26.3 Å². The standard InChI is InChI=1S/C18H25NO7S/c1-18(2,3)25-17(21)19-9-14(16-15(19)13(20)10-24-16)26-27(22,23)11-12-7-5-4-6-8-12/h4-8,13-16,20H,9-11H2,1-3H3/t13-,14-,15+,16+/m0/s1. The van der Waals surface area contributed by atoms with E-state index >= 15 is 0 Å². The lowest BCUT2D eigenvalue weighted by Gasteiger charge is -2.28. The Balaban J connectivity index is 1.73. The molecule has 0 bridgehead atoms. The van der Waals surface area contributed by atoms with Gasteiger partial charge < -0.3 is 14.6 Å². The van der Waals surface area contributed by atoms with E-state index in [0.29, 0.717) is 5.56 Å². The van der Waals surface area contributed by atoms with Crippen LogP contribution in [0.15, 0.2) is 30.3 Å². The Labute approximate surface area is 159 Å². The third-order valence-electron chi connectivity index (χ3n) is 4.38. The van der Waals surface area contributed by atoms with Gasteiger partial charge in [-0.3, -0.25) is 9.08 Å². The molecule has 0 aliphatic carbocycles. The molecule has 1 aromatic carbocycles. The van der Waals surface area contributed by atoms with Crippen molar-refractivity contribution in [2.75, 3.05) is 13.2 Å². The van der Waals surface area contributed by atoms with Crippen LogP contribution in [0.4, 0.5) is 4.79 Å². The number of fused-ring (bicyclic) bond motifs is 1. The Kier molecular flexibility index (Phi) is 5.49. The first kappa shape index (κ1) is 20.1. The fourth-order valence-corrected chi connectivity index (χ4v) is 4.58. The predicted octanol–water partition coefficient (Wildman–Crippen LogP) is 1.28. The highest BCUT2D eigenvalue weighted by molar-refractivity contribution is 7.85. The first-order valence-electron chi connectivity index (χ1n) is 8.80. The predicted molar refractivity (Wildman–Crippen MR) is 96.4 cm³/mol. The Bertz CT molecular complexity index is 775. The van der Waals surface area contributed by atoms with Crippen LogP contribution < -0.4 is 0 Å². The molecule has 4 atom stereocenters. The fourth-order valence-electron chi connectivity index (χ4n) is 3.36. The van der Waals surface area contributed by atoms with Gasteiger partial charge in [0.1, 0.15) is 29.7 Å². The number of nitrogens with zero attached hydrogens (tertiary/aromatic N) is 1. The van der Waals surface area contributed by atoms with Gasteiger partial charge in [-0.25, -0.2) is 4.79 Å². The molecule has 2 saturated heterocycles. The van der Waals surface area contributed by atoms with Crippen molar-refractivity contribution in [2.24, 2.45) is 0 Å². The van der Waals surface area contributed by atoms with Crippen molar-refractivity contribution in [1.82, 2.24) is 4.90 Å². The summed E-state index contributed by atoms with van der Waals surface area (Å²) in [6, 6.07) is 7.98. The van der Waals surface area contributed by atoms with Crippen LogP contribution in [0, 0.1) is 0 Å². The summed E-state index contributed by atoms with van der Waals surface area (Å²) < 4.78 is 41.2. The van der Waals surface area contributed by atoms with Crippen molar-refractivity contribution in [3.05, 3.63) is 35.9 Å². The molecule has 0 unspecified atom stereocenters. The van der Waals surface area contributed by atoms with Gasteiger partial charge in [0, 0.05) is 0 Å². The highest BCUT2D eigenvalue weighted by atomic mass is 32.2. The zero-order valence-electron chi connectivity index (χ0n) is 15.6. The molecule has 27 heavy (non-hydrogen) atoms. The molecule has 9 heteroatoms. The van der Waals surface area contributed by atoms with E-state index in [1.165, 1.54) is 4.90 Å². The van der Waals surface area contributed by atoms with Crippen molar-refractivity contribution < 1.29 is 32.0 Å². The summed E-state index contributed by atoms with van der Waals surface area (Å²) in [6.07, 6.45) is -3.17. The van der Waals surface area contributed by atoms with E-state index in [9.17, 15) is 18.3 Å². The molecule has 2 heterocycles. The second-order valence-electron chi connectivity index (χ2n) is 7.81. The van der Waals surface area contributed by atoms with Gasteiger partial charge in [-0.2, -0.15) is 8.42 Å². The van der Waals surface area contributed by atoms with Crippen molar-refractivity contribution in [2.45, 2.75) is 56.5 Å². The van der Waals surface area contributed by atoms with Crippen molar-refractivity contribution in [3.63, 3.8) is 0 Å². The lowest BCUT2D eigenvalue weighted by molar-refractivity contribution is 0.00832. The summed E-state index contributed by atoms with van der Waals surface area (Å²) in [5.74, 6) is -0.281. The molecule has 0 spiro atoms. The van der Waals surface area contributed by atoms with Crippen molar-refractivity contribution in [3.8, 4) is 0 Å². The van der Waals surface area contributed by atoms with Gasteiger partial charge >= 0.3 is 6.09 Å². The number of likely N-dealkylation sites (tertiary alicyclic amines) is 1. The molecule has 3 rings (SSSR count). The number of aliphatic hydroxyl groups excluding tert-OH is 1. The maximum atomic E-state index is 12.5. The largest absolute Gasteiger partial charge is 0.444 e. The van der Waals surface area contributed by atoms with Gasteiger partial charge in [0.2, 0.25) is 0 Å². The number of benzene rings is 1. The van der Waals surface area contributed by atoms with Gasteiger partial charge in [-0.05, 0) is 26.3 Å². The van der Waals surface area contributed by atoms with E-state index in [1.54, 1.807) is 51.1 Å². The summed E-state index contributed by atoms with van der Waals surface area (Å²) in [5.41, 5.74) is -0.113. The van der Waals surface area contributed by atoms with Gasteiger partial charge in [-0.1, -0.05) is 30.3 Å². The molecule has 2 aliphatic heterocycles. The van der Waals surface area contributed by atoms with Crippen LogP contribution in [0.5, 0.6) is 0 Å². The lowest BCUT2D eigenvalue weighted by atomic mass is 10.1. The Morgan fingerprint density at radius 2 is 1.96 bits per heavy atom. The van der Waals surface area contributed by atoms with Crippen LogP contribution >= 0.6 is 0 Å². The summed E-state index contributed by atoms with van der Waals surface area (Å²) >= 11 is 0. The highest BCUT2D eigenvalue weighted by Crippen LogP contribution is 2.33. The SMILES string of the molecule is CC(C)(C)OC(=O)N1C[C@H](OS(=O)(=O)Cc2ccccc2)[C@H]2OC[C@H](O)[C@H]21. The molecule has 2 fully saturated rings. The van der Waals surface area contributed by atoms with Gasteiger partial charge in [-0.15, -0.1) is 0 Å². The van der Waals surface area contributed by atoms with E-state index in [-0.39, 0.29) is 18.9 Å². The van der Waals surface area contributed by atoms with E-state index < -0.39 is 46.2 Å². The zero-order valence-corrected chi connectivity index (χ0v) is 16.4. The number of rotatable bonds is 4. The molecule has 2 aliphatic rings. The van der Waals surface area contributed by atoms with E-state index in [1.807, 2.05) is 0 Å². The lowest BCUT2D eigenvalue weighted by Crippen LogP contribution is -2.46. The molecule has 0 saturated carbocycles. The number of hydrogen-bond donors (Lipinski definition) is 1. The van der Waals surface area contributed by atoms with Gasteiger partial charge in [0.05, 0.1) is 19.2 Å². The number of hydrogen-bond acceptors (Lipinski definition) is 7. The first-order chi connectivity index (χ1) is 12.6. The summed E-state index contributed by atoms with van der Waals surface area (Å²) in [4.78, 5) is 13.8. The average Bonchev–Trinajstić information content (AvgIpc) is 3.08. The van der Waals surface area contributed by atoms with Crippen molar-refractivity contribution in [1.29, 1.82) is 0 Å². The fraction of sp³-hybridized carbons (Fsp3) is 0.611. The third-order valence-corrected chi connectivity index (χ3v) is 5.61. The van der Waals surface area contributed by atoms with Crippen LogP contribution in [0.3, 0.4) is 0 Å². The van der Waals surface area contributed by atoms with Crippen LogP contribution in [-0.2, 0) is 29.5 Å². The number of carbonyl (C=O) groups is 1. The van der Waals surface area contributed by atoms with E-state index in [0.717, 1.165) is 0 Å². The molecular formula is C18H25NO7S. The minimum Gasteiger partial charge on any atom is -0.444 e. The second kappa shape index (κ2) is 7.38. The number of amides is 1. The minimum absolute atomic E-state index is 0.00717. The van der Waals surface area contributed by atoms with Crippen LogP contribution in [0.2, 0.25) is 0 Å². The molecule has 0 radical (unpaired) electrons. The topological polar surface area (TPSA) is 102 Å². The first-order valence-corrected chi connectivity index (χ1v) is 10.4. The van der Waals surface area contributed by atoms with Crippen LogP contribution in [0.25, 0.3) is 0 Å². The number of aliphatic hydroxyl groups is 1. The molecule has 150 valence electrons. The van der Waals surface area contributed by atoms with Gasteiger partial charge in [0.15, 0.2) is 0 Å². The Morgan fingerprint density at radius 3 is 2.59 bits per heavy atom. The minimum atomic E-state index is -3.90. The Morgan fingerprint density at radius 1 is 1.30 bits per heavy atom. The maximum absolute atomic E-state index is 12.5. The van der Waals surface area contributed by atoms with E-state index in [2.05, 4.69) is 0 Å².